The average Bonchev–Trinajstić information content (AvgIpc) is 3.42. The van der Waals surface area contributed by atoms with Crippen LogP contribution in [0.5, 0.6) is 0 Å². The molecule has 0 saturated carbocycles. The number of rotatable bonds is 9. The number of benzene rings is 1. The molecule has 1 aromatic carbocycles. The van der Waals surface area contributed by atoms with E-state index in [4.69, 9.17) is 4.42 Å². The number of aryl methyl sites for hydroxylation is 2. The summed E-state index contributed by atoms with van der Waals surface area (Å²) in [6.45, 7) is 6.80. The van der Waals surface area contributed by atoms with Crippen molar-refractivity contribution in [2.75, 3.05) is 6.54 Å². The first-order valence-electron chi connectivity index (χ1n) is 10.7. The van der Waals surface area contributed by atoms with Crippen LogP contribution in [0.3, 0.4) is 0 Å². The van der Waals surface area contributed by atoms with Gasteiger partial charge in [0, 0.05) is 30.5 Å². The SMILES string of the molecule is CCC(C)N(CC(=O)N(Cc1ccco1)Cc1cccn1C)C(=O)c1ccc(C)cc1. The number of nitrogens with zero attached hydrogens (tertiary/aromatic N) is 3. The summed E-state index contributed by atoms with van der Waals surface area (Å²) >= 11 is 0. The molecule has 0 spiro atoms. The topological polar surface area (TPSA) is 58.7 Å². The molecule has 31 heavy (non-hydrogen) atoms. The number of hydrogen-bond donors (Lipinski definition) is 0. The van der Waals surface area contributed by atoms with Crippen LogP contribution in [0.1, 0.15) is 47.6 Å². The van der Waals surface area contributed by atoms with Crippen LogP contribution in [0.4, 0.5) is 0 Å². The van der Waals surface area contributed by atoms with Gasteiger partial charge in [0.15, 0.2) is 0 Å². The first-order valence-corrected chi connectivity index (χ1v) is 10.7. The predicted octanol–water partition coefficient (Wildman–Crippen LogP) is 4.40. The minimum atomic E-state index is -0.125. The van der Waals surface area contributed by atoms with E-state index >= 15 is 0 Å². The molecule has 0 fully saturated rings. The van der Waals surface area contributed by atoms with Crippen molar-refractivity contribution in [2.45, 2.75) is 46.3 Å². The van der Waals surface area contributed by atoms with Gasteiger partial charge in [0.2, 0.25) is 5.91 Å². The van der Waals surface area contributed by atoms with Crippen molar-refractivity contribution in [1.82, 2.24) is 14.4 Å². The predicted molar refractivity (Wildman–Crippen MR) is 120 cm³/mol. The normalized spacial score (nSPS) is 11.9. The van der Waals surface area contributed by atoms with Crippen LogP contribution < -0.4 is 0 Å². The van der Waals surface area contributed by atoms with Crippen LogP contribution in [-0.2, 0) is 24.9 Å². The maximum atomic E-state index is 13.4. The van der Waals surface area contributed by atoms with Gasteiger partial charge in [0.1, 0.15) is 12.3 Å². The molecule has 164 valence electrons. The molecule has 1 atom stereocenters. The van der Waals surface area contributed by atoms with Crippen LogP contribution in [0.2, 0.25) is 0 Å². The Bertz CT molecular complexity index is 989. The van der Waals surface area contributed by atoms with E-state index in [1.54, 1.807) is 16.1 Å². The van der Waals surface area contributed by atoms with E-state index in [0.29, 0.717) is 24.4 Å². The maximum absolute atomic E-state index is 13.4. The lowest BCUT2D eigenvalue weighted by molar-refractivity contribution is -0.134. The molecule has 2 heterocycles. The van der Waals surface area contributed by atoms with Crippen molar-refractivity contribution in [3.05, 3.63) is 83.6 Å². The van der Waals surface area contributed by atoms with E-state index in [1.807, 2.05) is 87.1 Å². The molecule has 2 amide bonds. The highest BCUT2D eigenvalue weighted by molar-refractivity contribution is 5.96. The number of carbonyl (C=O) groups excluding carboxylic acids is 2. The third-order valence-corrected chi connectivity index (χ3v) is 5.67. The van der Waals surface area contributed by atoms with Gasteiger partial charge in [-0.2, -0.15) is 0 Å². The monoisotopic (exact) mass is 421 g/mol. The molecule has 6 heteroatoms. The van der Waals surface area contributed by atoms with Crippen molar-refractivity contribution >= 4 is 11.8 Å². The molecule has 0 aliphatic carbocycles. The molecule has 2 aromatic heterocycles. The largest absolute Gasteiger partial charge is 0.467 e. The zero-order valence-electron chi connectivity index (χ0n) is 18.7. The van der Waals surface area contributed by atoms with E-state index in [0.717, 1.165) is 17.7 Å². The number of carbonyl (C=O) groups is 2. The van der Waals surface area contributed by atoms with Gasteiger partial charge in [-0.15, -0.1) is 0 Å². The number of furan rings is 1. The van der Waals surface area contributed by atoms with Crippen LogP contribution in [-0.4, -0.2) is 38.8 Å². The zero-order chi connectivity index (χ0) is 22.4. The second kappa shape index (κ2) is 10.2. The van der Waals surface area contributed by atoms with Gasteiger partial charge in [-0.3, -0.25) is 9.59 Å². The van der Waals surface area contributed by atoms with Gasteiger partial charge >= 0.3 is 0 Å². The highest BCUT2D eigenvalue weighted by Crippen LogP contribution is 2.16. The molecular weight excluding hydrogens is 390 g/mol. The summed E-state index contributed by atoms with van der Waals surface area (Å²) in [6, 6.07) is 15.0. The maximum Gasteiger partial charge on any atom is 0.254 e. The Hall–Kier alpha value is -3.28. The van der Waals surface area contributed by atoms with Crippen LogP contribution >= 0.6 is 0 Å². The second-order valence-corrected chi connectivity index (χ2v) is 8.00. The fraction of sp³-hybridized carbons (Fsp3) is 0.360. The number of amides is 2. The van der Waals surface area contributed by atoms with Crippen LogP contribution in [0.15, 0.2) is 65.4 Å². The second-order valence-electron chi connectivity index (χ2n) is 8.00. The van der Waals surface area contributed by atoms with E-state index in [2.05, 4.69) is 0 Å². The first-order chi connectivity index (χ1) is 14.9. The van der Waals surface area contributed by atoms with E-state index in [-0.39, 0.29) is 24.4 Å². The number of hydrogen-bond acceptors (Lipinski definition) is 3. The molecule has 3 aromatic rings. The molecule has 0 bridgehead atoms. The van der Waals surface area contributed by atoms with Crippen molar-refractivity contribution < 1.29 is 14.0 Å². The fourth-order valence-corrected chi connectivity index (χ4v) is 3.44. The third kappa shape index (κ3) is 5.66. The molecule has 0 saturated heterocycles. The van der Waals surface area contributed by atoms with Crippen molar-refractivity contribution in [1.29, 1.82) is 0 Å². The third-order valence-electron chi connectivity index (χ3n) is 5.67. The smallest absolute Gasteiger partial charge is 0.254 e. The first kappa shape index (κ1) is 22.4. The molecular formula is C25H31N3O3. The van der Waals surface area contributed by atoms with E-state index in [1.165, 1.54) is 0 Å². The van der Waals surface area contributed by atoms with Gasteiger partial charge in [-0.25, -0.2) is 0 Å². The van der Waals surface area contributed by atoms with Gasteiger partial charge in [0.25, 0.3) is 5.91 Å². The van der Waals surface area contributed by atoms with Crippen LogP contribution in [0.25, 0.3) is 0 Å². The van der Waals surface area contributed by atoms with Gasteiger partial charge in [-0.05, 0) is 56.7 Å². The van der Waals surface area contributed by atoms with Crippen molar-refractivity contribution in [3.8, 4) is 0 Å². The fourth-order valence-electron chi connectivity index (χ4n) is 3.44. The lowest BCUT2D eigenvalue weighted by Gasteiger charge is -2.31. The summed E-state index contributed by atoms with van der Waals surface area (Å²) in [5.41, 5.74) is 2.70. The molecule has 0 aliphatic rings. The quantitative estimate of drug-likeness (QED) is 0.515. The molecule has 0 N–H and O–H groups in total. The standard InChI is InChI=1S/C25H31N3O3/c1-5-20(3)28(25(30)21-12-10-19(2)11-13-21)18-24(29)27(17-23-9-7-15-31-23)16-22-8-6-14-26(22)4/h6-15,20H,5,16-18H2,1-4H3. The lowest BCUT2D eigenvalue weighted by Crippen LogP contribution is -2.46. The van der Waals surface area contributed by atoms with Gasteiger partial charge in [-0.1, -0.05) is 24.6 Å². The number of aromatic nitrogens is 1. The summed E-state index contributed by atoms with van der Waals surface area (Å²) < 4.78 is 7.48. The lowest BCUT2D eigenvalue weighted by atomic mass is 10.1. The Morgan fingerprint density at radius 2 is 1.81 bits per heavy atom. The summed E-state index contributed by atoms with van der Waals surface area (Å²) in [5.74, 6) is 0.473. The van der Waals surface area contributed by atoms with Crippen molar-refractivity contribution in [3.63, 3.8) is 0 Å². The Balaban J connectivity index is 1.82. The van der Waals surface area contributed by atoms with Crippen LogP contribution in [0, 0.1) is 6.92 Å². The minimum Gasteiger partial charge on any atom is -0.467 e. The minimum absolute atomic E-state index is 0.0207. The molecule has 6 nitrogen and oxygen atoms in total. The Morgan fingerprint density at radius 1 is 1.06 bits per heavy atom. The summed E-state index contributed by atoms with van der Waals surface area (Å²) in [4.78, 5) is 30.1. The molecule has 0 radical (unpaired) electrons. The van der Waals surface area contributed by atoms with Gasteiger partial charge < -0.3 is 18.8 Å². The van der Waals surface area contributed by atoms with E-state index < -0.39 is 0 Å². The average molecular weight is 422 g/mol. The summed E-state index contributed by atoms with van der Waals surface area (Å²) in [6.07, 6.45) is 4.32. The van der Waals surface area contributed by atoms with E-state index in [9.17, 15) is 9.59 Å². The highest BCUT2D eigenvalue weighted by atomic mass is 16.3. The Kier molecular flexibility index (Phi) is 7.34. The summed E-state index contributed by atoms with van der Waals surface area (Å²) in [7, 11) is 1.96. The molecule has 1 unspecified atom stereocenters. The van der Waals surface area contributed by atoms with Gasteiger partial charge in [0.05, 0.1) is 19.4 Å². The Labute approximate surface area is 184 Å². The Morgan fingerprint density at radius 3 is 2.39 bits per heavy atom. The van der Waals surface area contributed by atoms with Crippen molar-refractivity contribution in [2.24, 2.45) is 7.05 Å². The summed E-state index contributed by atoms with van der Waals surface area (Å²) in [5, 5.41) is 0. The molecule has 0 aliphatic heterocycles. The highest BCUT2D eigenvalue weighted by Gasteiger charge is 2.26. The molecule has 3 rings (SSSR count). The zero-order valence-corrected chi connectivity index (χ0v) is 18.7.